The van der Waals surface area contributed by atoms with Gasteiger partial charge in [-0.3, -0.25) is 4.98 Å². The van der Waals surface area contributed by atoms with Crippen molar-refractivity contribution >= 4 is 6.09 Å². The van der Waals surface area contributed by atoms with E-state index in [2.05, 4.69) is 4.98 Å². The predicted molar refractivity (Wildman–Crippen MR) is 63.6 cm³/mol. The fourth-order valence-corrected chi connectivity index (χ4v) is 1.22. The molecule has 1 N–H and O–H groups in total. The minimum Gasteiger partial charge on any atom is -0.444 e. The van der Waals surface area contributed by atoms with Crippen molar-refractivity contribution < 1.29 is 14.6 Å². The SMILES string of the molecule is CC(CO)OC(=O)N(C)CCc1ccccn1. The highest BCUT2D eigenvalue weighted by Gasteiger charge is 2.13. The predicted octanol–water partition coefficient (Wildman–Crippen LogP) is 1.07. The maximum Gasteiger partial charge on any atom is 0.409 e. The standard InChI is InChI=1S/C12H18N2O3/c1-10(9-15)17-12(16)14(2)8-6-11-5-3-4-7-13-11/h3-5,7,10,15H,6,8-9H2,1-2H3. The molecule has 1 unspecified atom stereocenters. The van der Waals surface area contributed by atoms with Crippen LogP contribution in [0.4, 0.5) is 4.79 Å². The van der Waals surface area contributed by atoms with Gasteiger partial charge < -0.3 is 14.7 Å². The van der Waals surface area contributed by atoms with Crippen molar-refractivity contribution in [2.24, 2.45) is 0 Å². The van der Waals surface area contributed by atoms with Gasteiger partial charge in [0, 0.05) is 31.9 Å². The Balaban J connectivity index is 2.34. The molecule has 0 bridgehead atoms. The van der Waals surface area contributed by atoms with Gasteiger partial charge in [0.25, 0.3) is 0 Å². The Morgan fingerprint density at radius 3 is 2.94 bits per heavy atom. The molecule has 0 spiro atoms. The molecule has 0 aliphatic rings. The number of hydrogen-bond donors (Lipinski definition) is 1. The fraction of sp³-hybridized carbons (Fsp3) is 0.500. The van der Waals surface area contributed by atoms with E-state index in [0.29, 0.717) is 13.0 Å². The zero-order valence-electron chi connectivity index (χ0n) is 10.2. The van der Waals surface area contributed by atoms with E-state index < -0.39 is 12.2 Å². The molecule has 17 heavy (non-hydrogen) atoms. The highest BCUT2D eigenvalue weighted by atomic mass is 16.6. The topological polar surface area (TPSA) is 62.7 Å². The molecule has 0 aromatic carbocycles. The summed E-state index contributed by atoms with van der Waals surface area (Å²) in [6, 6.07) is 5.68. The average Bonchev–Trinajstić information content (AvgIpc) is 2.36. The van der Waals surface area contributed by atoms with Gasteiger partial charge in [-0.25, -0.2) is 4.79 Å². The lowest BCUT2D eigenvalue weighted by atomic mass is 10.2. The van der Waals surface area contributed by atoms with Crippen molar-refractivity contribution in [1.82, 2.24) is 9.88 Å². The van der Waals surface area contributed by atoms with Gasteiger partial charge in [0.2, 0.25) is 0 Å². The Labute approximate surface area is 101 Å². The van der Waals surface area contributed by atoms with Crippen LogP contribution in [-0.4, -0.2) is 47.4 Å². The van der Waals surface area contributed by atoms with Crippen LogP contribution in [0, 0.1) is 0 Å². The molecule has 94 valence electrons. The smallest absolute Gasteiger partial charge is 0.409 e. The molecular formula is C12H18N2O3. The summed E-state index contributed by atoms with van der Waals surface area (Å²) in [5.41, 5.74) is 0.933. The van der Waals surface area contributed by atoms with E-state index in [0.717, 1.165) is 5.69 Å². The van der Waals surface area contributed by atoms with E-state index in [1.165, 1.54) is 4.90 Å². The van der Waals surface area contributed by atoms with Gasteiger partial charge >= 0.3 is 6.09 Å². The molecule has 5 nitrogen and oxygen atoms in total. The largest absolute Gasteiger partial charge is 0.444 e. The molecule has 0 aliphatic carbocycles. The quantitative estimate of drug-likeness (QED) is 0.833. The third kappa shape index (κ3) is 4.82. The van der Waals surface area contributed by atoms with Crippen LogP contribution in [-0.2, 0) is 11.2 Å². The molecule has 1 aromatic rings. The van der Waals surface area contributed by atoms with Crippen LogP contribution in [0.1, 0.15) is 12.6 Å². The average molecular weight is 238 g/mol. The molecule has 0 fully saturated rings. The van der Waals surface area contributed by atoms with Gasteiger partial charge in [-0.1, -0.05) is 6.07 Å². The zero-order valence-corrected chi connectivity index (χ0v) is 10.2. The Morgan fingerprint density at radius 1 is 1.59 bits per heavy atom. The lowest BCUT2D eigenvalue weighted by molar-refractivity contribution is 0.0470. The molecule has 0 saturated carbocycles. The third-order valence-corrected chi connectivity index (χ3v) is 2.30. The maximum absolute atomic E-state index is 11.5. The second-order valence-electron chi connectivity index (χ2n) is 3.87. The van der Waals surface area contributed by atoms with Gasteiger partial charge in [-0.15, -0.1) is 0 Å². The van der Waals surface area contributed by atoms with Crippen LogP contribution in [0.25, 0.3) is 0 Å². The number of likely N-dealkylation sites (N-methyl/N-ethyl adjacent to an activating group) is 1. The minimum absolute atomic E-state index is 0.167. The Hall–Kier alpha value is -1.62. The first-order chi connectivity index (χ1) is 8.13. The number of pyridine rings is 1. The van der Waals surface area contributed by atoms with Crippen LogP contribution >= 0.6 is 0 Å². The highest BCUT2D eigenvalue weighted by Crippen LogP contribution is 2.00. The van der Waals surface area contributed by atoms with Gasteiger partial charge in [0.15, 0.2) is 0 Å². The summed E-state index contributed by atoms with van der Waals surface area (Å²) in [6.45, 7) is 2.01. The van der Waals surface area contributed by atoms with Crippen molar-refractivity contribution in [3.8, 4) is 0 Å². The first kappa shape index (κ1) is 13.4. The van der Waals surface area contributed by atoms with E-state index in [-0.39, 0.29) is 6.61 Å². The molecule has 0 radical (unpaired) electrons. The van der Waals surface area contributed by atoms with E-state index in [4.69, 9.17) is 9.84 Å². The minimum atomic E-state index is -0.472. The molecular weight excluding hydrogens is 220 g/mol. The monoisotopic (exact) mass is 238 g/mol. The van der Waals surface area contributed by atoms with Crippen molar-refractivity contribution in [3.05, 3.63) is 30.1 Å². The van der Waals surface area contributed by atoms with Gasteiger partial charge in [0.05, 0.1) is 6.61 Å². The van der Waals surface area contributed by atoms with Crippen LogP contribution in [0.5, 0.6) is 0 Å². The van der Waals surface area contributed by atoms with E-state index in [9.17, 15) is 4.79 Å². The third-order valence-electron chi connectivity index (χ3n) is 2.30. The van der Waals surface area contributed by atoms with Crippen molar-refractivity contribution in [2.45, 2.75) is 19.4 Å². The highest BCUT2D eigenvalue weighted by molar-refractivity contribution is 5.67. The summed E-state index contributed by atoms with van der Waals surface area (Å²) in [6.07, 6.45) is 1.50. The van der Waals surface area contributed by atoms with Crippen molar-refractivity contribution in [2.75, 3.05) is 20.2 Å². The molecule has 0 saturated heterocycles. The Morgan fingerprint density at radius 2 is 2.35 bits per heavy atom. The van der Waals surface area contributed by atoms with Crippen LogP contribution in [0.3, 0.4) is 0 Å². The lowest BCUT2D eigenvalue weighted by Gasteiger charge is -2.19. The summed E-state index contributed by atoms with van der Waals surface area (Å²) < 4.78 is 4.97. The summed E-state index contributed by atoms with van der Waals surface area (Å²) in [5, 5.41) is 8.77. The van der Waals surface area contributed by atoms with Crippen molar-refractivity contribution in [1.29, 1.82) is 0 Å². The van der Waals surface area contributed by atoms with Crippen LogP contribution < -0.4 is 0 Å². The Kier molecular flexibility index (Phi) is 5.42. The van der Waals surface area contributed by atoms with Crippen LogP contribution in [0.15, 0.2) is 24.4 Å². The molecule has 0 aliphatic heterocycles. The van der Waals surface area contributed by atoms with E-state index >= 15 is 0 Å². The molecule has 5 heteroatoms. The number of carbonyl (C=O) groups is 1. The molecule has 1 rings (SSSR count). The normalized spacial score (nSPS) is 11.9. The number of hydrogen-bond acceptors (Lipinski definition) is 4. The summed E-state index contributed by atoms with van der Waals surface area (Å²) in [4.78, 5) is 17.1. The van der Waals surface area contributed by atoms with Gasteiger partial charge in [-0.05, 0) is 19.1 Å². The second-order valence-corrected chi connectivity index (χ2v) is 3.87. The number of rotatable bonds is 5. The summed E-state index contributed by atoms with van der Waals surface area (Å²) in [5.74, 6) is 0. The lowest BCUT2D eigenvalue weighted by Crippen LogP contribution is -2.32. The Bertz CT molecular complexity index is 343. The molecule has 1 heterocycles. The molecule has 1 aromatic heterocycles. The number of carbonyl (C=O) groups excluding carboxylic acids is 1. The number of ether oxygens (including phenoxy) is 1. The van der Waals surface area contributed by atoms with E-state index in [1.54, 1.807) is 20.2 Å². The first-order valence-corrected chi connectivity index (χ1v) is 5.56. The molecule has 1 atom stereocenters. The van der Waals surface area contributed by atoms with E-state index in [1.807, 2.05) is 18.2 Å². The number of amides is 1. The number of nitrogens with zero attached hydrogens (tertiary/aromatic N) is 2. The summed E-state index contributed by atoms with van der Waals surface area (Å²) >= 11 is 0. The van der Waals surface area contributed by atoms with Crippen LogP contribution in [0.2, 0.25) is 0 Å². The summed E-state index contributed by atoms with van der Waals surface area (Å²) in [7, 11) is 1.66. The van der Waals surface area contributed by atoms with Crippen molar-refractivity contribution in [3.63, 3.8) is 0 Å². The fourth-order valence-electron chi connectivity index (χ4n) is 1.22. The van der Waals surface area contributed by atoms with Gasteiger partial charge in [-0.2, -0.15) is 0 Å². The van der Waals surface area contributed by atoms with Gasteiger partial charge in [0.1, 0.15) is 6.10 Å². The maximum atomic E-state index is 11.5. The zero-order chi connectivity index (χ0) is 12.7. The number of aromatic nitrogens is 1. The number of aliphatic hydroxyl groups is 1. The second kappa shape index (κ2) is 6.85. The molecule has 1 amide bonds. The number of aliphatic hydroxyl groups excluding tert-OH is 1. The first-order valence-electron chi connectivity index (χ1n) is 5.56.